The van der Waals surface area contributed by atoms with Gasteiger partial charge in [0.05, 0.1) is 5.71 Å². The quantitative estimate of drug-likeness (QED) is 0.755. The van der Waals surface area contributed by atoms with Crippen molar-refractivity contribution in [3.63, 3.8) is 0 Å². The molecule has 0 spiro atoms. The third kappa shape index (κ3) is 1.93. The van der Waals surface area contributed by atoms with Crippen molar-refractivity contribution in [2.75, 3.05) is 6.54 Å². The first-order valence-corrected chi connectivity index (χ1v) is 6.53. The first-order valence-electron chi connectivity index (χ1n) is 5.74. The van der Waals surface area contributed by atoms with E-state index in [1.807, 2.05) is 6.07 Å². The fourth-order valence-corrected chi connectivity index (χ4v) is 2.70. The monoisotopic (exact) mass is 285 g/mol. The number of fused-ring (bicyclic) bond motifs is 1. The summed E-state index contributed by atoms with van der Waals surface area (Å²) >= 11 is 3.60. The molecule has 2 heteroatoms. The van der Waals surface area contributed by atoms with E-state index in [9.17, 15) is 0 Å². The van der Waals surface area contributed by atoms with Gasteiger partial charge >= 0.3 is 0 Å². The minimum absolute atomic E-state index is 0.883. The molecule has 0 saturated heterocycles. The molecule has 0 amide bonds. The van der Waals surface area contributed by atoms with Crippen molar-refractivity contribution in [3.05, 3.63) is 69.7 Å². The molecular weight excluding hydrogens is 274 g/mol. The maximum Gasteiger partial charge on any atom is 0.0733 e. The predicted molar refractivity (Wildman–Crippen MR) is 74.8 cm³/mol. The average Bonchev–Trinajstić information content (AvgIpc) is 2.39. The van der Waals surface area contributed by atoms with Crippen molar-refractivity contribution >= 4 is 21.6 Å². The van der Waals surface area contributed by atoms with Gasteiger partial charge in [0.15, 0.2) is 0 Å². The van der Waals surface area contributed by atoms with Gasteiger partial charge in [0, 0.05) is 22.1 Å². The molecular formula is C15H12BrN. The van der Waals surface area contributed by atoms with Crippen LogP contribution >= 0.6 is 15.9 Å². The molecule has 0 unspecified atom stereocenters. The van der Waals surface area contributed by atoms with Crippen LogP contribution in [0.3, 0.4) is 0 Å². The average molecular weight is 286 g/mol. The van der Waals surface area contributed by atoms with Crippen LogP contribution in [0.5, 0.6) is 0 Å². The summed E-state index contributed by atoms with van der Waals surface area (Å²) in [5.74, 6) is 0. The molecule has 2 aromatic carbocycles. The van der Waals surface area contributed by atoms with E-state index in [4.69, 9.17) is 0 Å². The van der Waals surface area contributed by atoms with E-state index in [0.717, 1.165) is 23.1 Å². The number of hydrogen-bond donors (Lipinski definition) is 0. The minimum Gasteiger partial charge on any atom is -0.284 e. The molecule has 3 rings (SSSR count). The second-order valence-corrected chi connectivity index (χ2v) is 4.97. The minimum atomic E-state index is 0.883. The topological polar surface area (TPSA) is 12.4 Å². The molecule has 0 aromatic heterocycles. The molecule has 84 valence electrons. The van der Waals surface area contributed by atoms with Gasteiger partial charge in [0.1, 0.15) is 0 Å². The number of hydrogen-bond acceptors (Lipinski definition) is 1. The van der Waals surface area contributed by atoms with Gasteiger partial charge in [-0.15, -0.1) is 0 Å². The van der Waals surface area contributed by atoms with E-state index in [2.05, 4.69) is 63.4 Å². The molecule has 0 N–H and O–H groups in total. The van der Waals surface area contributed by atoms with Crippen LogP contribution in [0.25, 0.3) is 0 Å². The second-order valence-electron chi connectivity index (χ2n) is 4.12. The predicted octanol–water partition coefficient (Wildman–Crippen LogP) is 3.84. The molecule has 0 bridgehead atoms. The Kier molecular flexibility index (Phi) is 2.81. The van der Waals surface area contributed by atoms with Crippen LogP contribution in [0.15, 0.2) is 58.0 Å². The van der Waals surface area contributed by atoms with Crippen molar-refractivity contribution < 1.29 is 0 Å². The summed E-state index contributed by atoms with van der Waals surface area (Å²) in [4.78, 5) is 4.69. The summed E-state index contributed by atoms with van der Waals surface area (Å²) < 4.78 is 1.11. The lowest BCUT2D eigenvalue weighted by Crippen LogP contribution is -2.14. The number of benzene rings is 2. The van der Waals surface area contributed by atoms with Gasteiger partial charge in [-0.1, -0.05) is 58.4 Å². The number of aliphatic imine (C=N–C) groups is 1. The van der Waals surface area contributed by atoms with Crippen molar-refractivity contribution in [1.82, 2.24) is 0 Å². The first-order chi connectivity index (χ1) is 8.36. The Balaban J connectivity index is 2.17. The van der Waals surface area contributed by atoms with Crippen LogP contribution in [-0.4, -0.2) is 12.3 Å². The summed E-state index contributed by atoms with van der Waals surface area (Å²) in [6.07, 6.45) is 1.05. The summed E-state index contributed by atoms with van der Waals surface area (Å²) in [5, 5.41) is 0. The molecule has 0 fully saturated rings. The Morgan fingerprint density at radius 1 is 0.882 bits per heavy atom. The van der Waals surface area contributed by atoms with E-state index in [1.165, 1.54) is 16.7 Å². The summed E-state index contributed by atoms with van der Waals surface area (Å²) in [7, 11) is 0. The molecule has 2 aromatic rings. The molecule has 1 aliphatic heterocycles. The van der Waals surface area contributed by atoms with Crippen LogP contribution in [0.2, 0.25) is 0 Å². The standard InChI is InChI=1S/C15H12BrN/c16-14-8-4-3-7-13(14)15-12-6-2-1-5-11(12)9-10-17-15/h1-8H,9-10H2. The lowest BCUT2D eigenvalue weighted by atomic mass is 9.93. The van der Waals surface area contributed by atoms with E-state index >= 15 is 0 Å². The Labute approximate surface area is 109 Å². The smallest absolute Gasteiger partial charge is 0.0733 e. The zero-order valence-electron chi connectivity index (χ0n) is 9.36. The van der Waals surface area contributed by atoms with Gasteiger partial charge in [0.25, 0.3) is 0 Å². The maximum absolute atomic E-state index is 4.69. The lowest BCUT2D eigenvalue weighted by molar-refractivity contribution is 0.944. The number of rotatable bonds is 1. The highest BCUT2D eigenvalue weighted by atomic mass is 79.9. The van der Waals surface area contributed by atoms with Crippen LogP contribution in [0, 0.1) is 0 Å². The third-order valence-corrected chi connectivity index (χ3v) is 3.74. The first kappa shape index (κ1) is 10.7. The highest BCUT2D eigenvalue weighted by Gasteiger charge is 2.16. The van der Waals surface area contributed by atoms with E-state index < -0.39 is 0 Å². The molecule has 1 heterocycles. The fraction of sp³-hybridized carbons (Fsp3) is 0.133. The van der Waals surface area contributed by atoms with Crippen LogP contribution in [0.1, 0.15) is 16.7 Å². The molecule has 17 heavy (non-hydrogen) atoms. The molecule has 0 aliphatic carbocycles. The van der Waals surface area contributed by atoms with Crippen LogP contribution in [-0.2, 0) is 6.42 Å². The van der Waals surface area contributed by atoms with E-state index in [1.54, 1.807) is 0 Å². The van der Waals surface area contributed by atoms with Gasteiger partial charge in [-0.2, -0.15) is 0 Å². The summed E-state index contributed by atoms with van der Waals surface area (Å²) in [6.45, 7) is 0.883. The number of halogens is 1. The molecule has 1 aliphatic rings. The van der Waals surface area contributed by atoms with Crippen molar-refractivity contribution in [2.45, 2.75) is 6.42 Å². The Morgan fingerprint density at radius 2 is 1.59 bits per heavy atom. The highest BCUT2D eigenvalue weighted by Crippen LogP contribution is 2.25. The molecule has 0 atom stereocenters. The molecule has 1 nitrogen and oxygen atoms in total. The second kappa shape index (κ2) is 4.46. The SMILES string of the molecule is Brc1ccccc1C1=NCCc2ccccc21. The Morgan fingerprint density at radius 3 is 2.41 bits per heavy atom. The van der Waals surface area contributed by atoms with Gasteiger partial charge in [-0.3, -0.25) is 4.99 Å². The van der Waals surface area contributed by atoms with Crippen LogP contribution < -0.4 is 0 Å². The van der Waals surface area contributed by atoms with Crippen molar-refractivity contribution in [1.29, 1.82) is 0 Å². The van der Waals surface area contributed by atoms with E-state index in [0.29, 0.717) is 0 Å². The summed E-state index contributed by atoms with van der Waals surface area (Å²) in [6, 6.07) is 16.8. The van der Waals surface area contributed by atoms with Crippen molar-refractivity contribution in [3.8, 4) is 0 Å². The lowest BCUT2D eigenvalue weighted by Gasteiger charge is -2.17. The summed E-state index contributed by atoms with van der Waals surface area (Å²) in [5.41, 5.74) is 4.96. The van der Waals surface area contributed by atoms with Gasteiger partial charge in [-0.25, -0.2) is 0 Å². The molecule has 0 radical (unpaired) electrons. The Bertz CT molecular complexity index is 587. The zero-order valence-corrected chi connectivity index (χ0v) is 10.9. The van der Waals surface area contributed by atoms with E-state index in [-0.39, 0.29) is 0 Å². The Hall–Kier alpha value is -1.41. The molecule has 0 saturated carbocycles. The van der Waals surface area contributed by atoms with Crippen molar-refractivity contribution in [2.24, 2.45) is 4.99 Å². The largest absolute Gasteiger partial charge is 0.284 e. The fourth-order valence-electron chi connectivity index (χ4n) is 2.23. The number of nitrogens with zero attached hydrogens (tertiary/aromatic N) is 1. The highest BCUT2D eigenvalue weighted by molar-refractivity contribution is 9.10. The van der Waals surface area contributed by atoms with Gasteiger partial charge in [0.2, 0.25) is 0 Å². The maximum atomic E-state index is 4.69. The van der Waals surface area contributed by atoms with Gasteiger partial charge < -0.3 is 0 Å². The zero-order chi connectivity index (χ0) is 11.7. The van der Waals surface area contributed by atoms with Gasteiger partial charge in [-0.05, 0) is 18.1 Å². The normalized spacial score (nSPS) is 14.1. The van der Waals surface area contributed by atoms with Crippen LogP contribution in [0.4, 0.5) is 0 Å². The third-order valence-electron chi connectivity index (χ3n) is 3.05.